The molecule has 1 aromatic rings. The topological polar surface area (TPSA) is 12.0 Å². The van der Waals surface area contributed by atoms with Crippen LogP contribution in [-0.4, -0.2) is 0 Å². The maximum atomic E-state index is 3.36. The van der Waals surface area contributed by atoms with Crippen LogP contribution >= 0.6 is 11.8 Å². The highest BCUT2D eigenvalue weighted by molar-refractivity contribution is 8.03. The molecule has 0 amide bonds. The Labute approximate surface area is 99.4 Å². The Bertz CT molecular complexity index is 431. The van der Waals surface area contributed by atoms with E-state index in [1.54, 1.807) is 11.8 Å². The first-order valence-corrected chi connectivity index (χ1v) is 5.30. The van der Waals surface area contributed by atoms with Gasteiger partial charge in [-0.3, -0.25) is 0 Å². The summed E-state index contributed by atoms with van der Waals surface area (Å²) in [6.45, 7) is 0. The number of benzene rings is 1. The highest BCUT2D eigenvalue weighted by Crippen LogP contribution is 2.42. The van der Waals surface area contributed by atoms with Gasteiger partial charge in [-0.05, 0) is 23.9 Å². The molecule has 0 radical (unpaired) electrons. The molecule has 1 heterocycles. The fourth-order valence-corrected chi connectivity index (χ4v) is 2.49. The zero-order valence-corrected chi connectivity index (χ0v) is 9.40. The number of para-hydroxylation sites is 1. The van der Waals surface area contributed by atoms with Crippen molar-refractivity contribution in [1.82, 2.24) is 0 Å². The number of anilines is 1. The Kier molecular flexibility index (Phi) is 2.83. The molecule has 2 aliphatic rings. The van der Waals surface area contributed by atoms with Crippen LogP contribution in [0.3, 0.4) is 0 Å². The molecule has 0 atom stereocenters. The molecule has 0 aromatic heterocycles. The van der Waals surface area contributed by atoms with E-state index in [0.717, 1.165) is 5.70 Å². The highest BCUT2D eigenvalue weighted by Gasteiger charge is 2.25. The van der Waals surface area contributed by atoms with Crippen LogP contribution in [0.15, 0.2) is 58.0 Å². The van der Waals surface area contributed by atoms with Gasteiger partial charge in [-0.25, -0.2) is 0 Å². The summed E-state index contributed by atoms with van der Waals surface area (Å²) in [5, 5.41) is 3.36. The number of nitrogens with one attached hydrogen (secondary N) is 1. The molecule has 0 saturated heterocycles. The number of halogens is 1. The predicted octanol–water partition coefficient (Wildman–Crippen LogP) is 0.349. The van der Waals surface area contributed by atoms with Crippen LogP contribution in [0, 0.1) is 6.08 Å². The third-order valence-corrected chi connectivity index (χ3v) is 3.32. The monoisotopic (exact) mass is 233 g/mol. The fraction of sp³-hybridized carbons (Fsp3) is 0. The van der Waals surface area contributed by atoms with Gasteiger partial charge in [-0.1, -0.05) is 12.1 Å². The van der Waals surface area contributed by atoms with Crippen LogP contribution in [0.4, 0.5) is 5.69 Å². The standard InChI is InChI=1S/C12H8NS.ClH/c1-3-7-11-9(5-1)13-10-6-2-4-8-12(10)14-11;/h1-5,7-8,13H;1H/q+1;/p-1. The molecule has 1 aliphatic heterocycles. The van der Waals surface area contributed by atoms with Gasteiger partial charge in [0, 0.05) is 11.0 Å². The summed E-state index contributed by atoms with van der Waals surface area (Å²) in [6, 6.07) is 8.32. The number of hydrogen-bond acceptors (Lipinski definition) is 2. The summed E-state index contributed by atoms with van der Waals surface area (Å²) in [6.07, 6.45) is 9.25. The number of thioether (sulfide) groups is 1. The van der Waals surface area contributed by atoms with Crippen molar-refractivity contribution in [2.45, 2.75) is 4.90 Å². The zero-order chi connectivity index (χ0) is 9.38. The molecule has 1 aliphatic carbocycles. The van der Waals surface area contributed by atoms with Crippen molar-refractivity contribution in [3.05, 3.63) is 59.2 Å². The molecule has 74 valence electrons. The Morgan fingerprint density at radius 1 is 1.20 bits per heavy atom. The highest BCUT2D eigenvalue weighted by atomic mass is 35.5. The Morgan fingerprint density at radius 3 is 3.00 bits per heavy atom. The van der Waals surface area contributed by atoms with Crippen molar-refractivity contribution in [2.75, 3.05) is 5.32 Å². The van der Waals surface area contributed by atoms with E-state index in [4.69, 9.17) is 0 Å². The molecule has 0 saturated carbocycles. The fourth-order valence-electron chi connectivity index (χ4n) is 1.52. The second kappa shape index (κ2) is 4.11. The summed E-state index contributed by atoms with van der Waals surface area (Å²) in [5.41, 5.74) is 2.25. The van der Waals surface area contributed by atoms with Crippen LogP contribution < -0.4 is 17.7 Å². The number of hydrogen-bond donors (Lipinski definition) is 1. The average Bonchev–Trinajstić information content (AvgIpc) is 2.26. The van der Waals surface area contributed by atoms with Gasteiger partial charge in [-0.15, -0.1) is 0 Å². The summed E-state index contributed by atoms with van der Waals surface area (Å²) < 4.78 is 0. The van der Waals surface area contributed by atoms with Gasteiger partial charge < -0.3 is 17.7 Å². The largest absolute Gasteiger partial charge is 1.00 e. The van der Waals surface area contributed by atoms with Gasteiger partial charge in [0.25, 0.3) is 0 Å². The van der Waals surface area contributed by atoms with E-state index < -0.39 is 0 Å². The molecular formula is C12H8ClNS. The van der Waals surface area contributed by atoms with E-state index in [2.05, 4.69) is 35.7 Å². The van der Waals surface area contributed by atoms with Crippen molar-refractivity contribution in [2.24, 2.45) is 0 Å². The van der Waals surface area contributed by atoms with Gasteiger partial charge in [0.1, 0.15) is 11.0 Å². The molecule has 1 N–H and O–H groups in total. The zero-order valence-electron chi connectivity index (χ0n) is 7.83. The first-order chi connectivity index (χ1) is 6.93. The maximum absolute atomic E-state index is 3.36. The molecule has 15 heavy (non-hydrogen) atoms. The average molecular weight is 234 g/mol. The lowest BCUT2D eigenvalue weighted by Gasteiger charge is -2.16. The number of allylic oxidation sites excluding steroid dienone is 4. The maximum Gasteiger partial charge on any atom is 0.222 e. The quantitative estimate of drug-likeness (QED) is 0.649. The lowest BCUT2D eigenvalue weighted by atomic mass is 10.2. The molecule has 0 spiro atoms. The van der Waals surface area contributed by atoms with E-state index in [-0.39, 0.29) is 12.4 Å². The molecule has 1 nitrogen and oxygen atoms in total. The molecular weight excluding hydrogens is 226 g/mol. The minimum atomic E-state index is 0. The number of fused-ring (bicyclic) bond motifs is 2. The SMILES string of the molecule is [C+]1=C2Nc3ccccc3SC2=CC=C1.[Cl-]. The van der Waals surface area contributed by atoms with Crippen LogP contribution in [0.25, 0.3) is 0 Å². The molecule has 0 unspecified atom stereocenters. The van der Waals surface area contributed by atoms with Crippen molar-refractivity contribution in [1.29, 1.82) is 0 Å². The summed E-state index contributed by atoms with van der Waals surface area (Å²) in [5.74, 6) is 0. The first-order valence-electron chi connectivity index (χ1n) is 4.48. The number of rotatable bonds is 0. The summed E-state index contributed by atoms with van der Waals surface area (Å²) >= 11 is 1.79. The minimum Gasteiger partial charge on any atom is -1.00 e. The van der Waals surface area contributed by atoms with Gasteiger partial charge in [0.2, 0.25) is 5.70 Å². The van der Waals surface area contributed by atoms with E-state index >= 15 is 0 Å². The first kappa shape index (κ1) is 10.3. The second-order valence-electron chi connectivity index (χ2n) is 3.13. The van der Waals surface area contributed by atoms with Crippen molar-refractivity contribution >= 4 is 17.4 Å². The van der Waals surface area contributed by atoms with Gasteiger partial charge in [-0.2, -0.15) is 0 Å². The lowest BCUT2D eigenvalue weighted by molar-refractivity contribution is -0.00000259. The van der Waals surface area contributed by atoms with E-state index in [1.807, 2.05) is 18.2 Å². The van der Waals surface area contributed by atoms with Crippen LogP contribution in [0.1, 0.15) is 0 Å². The Morgan fingerprint density at radius 2 is 2.07 bits per heavy atom. The van der Waals surface area contributed by atoms with Crippen LogP contribution in [-0.2, 0) is 0 Å². The predicted molar refractivity (Wildman–Crippen MR) is 59.9 cm³/mol. The summed E-state index contributed by atoms with van der Waals surface area (Å²) in [4.78, 5) is 2.52. The van der Waals surface area contributed by atoms with E-state index in [1.165, 1.54) is 15.5 Å². The molecule has 3 heteroatoms. The van der Waals surface area contributed by atoms with Crippen LogP contribution in [0.5, 0.6) is 0 Å². The Hall–Kier alpha value is -1.21. The third-order valence-electron chi connectivity index (χ3n) is 2.18. The molecule has 0 bridgehead atoms. The van der Waals surface area contributed by atoms with Gasteiger partial charge >= 0.3 is 0 Å². The minimum absolute atomic E-state index is 0. The third kappa shape index (κ3) is 1.80. The van der Waals surface area contributed by atoms with Gasteiger partial charge in [0.05, 0.1) is 17.8 Å². The van der Waals surface area contributed by atoms with E-state index in [9.17, 15) is 0 Å². The van der Waals surface area contributed by atoms with Crippen molar-refractivity contribution in [3.63, 3.8) is 0 Å². The van der Waals surface area contributed by atoms with Crippen molar-refractivity contribution < 1.29 is 12.4 Å². The van der Waals surface area contributed by atoms with E-state index in [0.29, 0.717) is 0 Å². The normalized spacial score (nSPS) is 15.7. The van der Waals surface area contributed by atoms with Crippen LogP contribution in [0.2, 0.25) is 0 Å². The lowest BCUT2D eigenvalue weighted by Crippen LogP contribution is -3.00. The van der Waals surface area contributed by atoms with Gasteiger partial charge in [0.15, 0.2) is 0 Å². The Balaban J connectivity index is 0.000000853. The molecule has 0 fully saturated rings. The second-order valence-corrected chi connectivity index (χ2v) is 4.22. The smallest absolute Gasteiger partial charge is 0.222 e. The summed E-state index contributed by atoms with van der Waals surface area (Å²) in [7, 11) is 0. The van der Waals surface area contributed by atoms with Crippen molar-refractivity contribution in [3.8, 4) is 0 Å². The molecule has 3 rings (SSSR count). The molecule has 1 aromatic carbocycles.